The van der Waals surface area contributed by atoms with E-state index in [0.717, 1.165) is 11.1 Å². The summed E-state index contributed by atoms with van der Waals surface area (Å²) in [7, 11) is 0. The van der Waals surface area contributed by atoms with E-state index < -0.39 is 0 Å². The number of alkyl halides is 1. The van der Waals surface area contributed by atoms with Crippen LogP contribution in [0.15, 0.2) is 42.7 Å². The highest BCUT2D eigenvalue weighted by Gasteiger charge is 2.13. The van der Waals surface area contributed by atoms with Crippen LogP contribution in [0.5, 0.6) is 0 Å². The molecule has 1 unspecified atom stereocenters. The molecule has 0 aliphatic heterocycles. The van der Waals surface area contributed by atoms with Gasteiger partial charge in [0, 0.05) is 17.4 Å². The molecule has 0 amide bonds. The summed E-state index contributed by atoms with van der Waals surface area (Å²) in [6.45, 7) is 0. The molecule has 0 fully saturated rings. The number of halogens is 3. The molecule has 0 N–H and O–H groups in total. The van der Waals surface area contributed by atoms with Gasteiger partial charge in [0.25, 0.3) is 0 Å². The highest BCUT2D eigenvalue weighted by Crippen LogP contribution is 2.31. The van der Waals surface area contributed by atoms with Gasteiger partial charge in [0.15, 0.2) is 0 Å². The van der Waals surface area contributed by atoms with Crippen molar-refractivity contribution in [2.24, 2.45) is 0 Å². The Kier molecular flexibility index (Phi) is 3.97. The minimum absolute atomic E-state index is 0.273. The van der Waals surface area contributed by atoms with Crippen LogP contribution >= 0.6 is 23.2 Å². The summed E-state index contributed by atoms with van der Waals surface area (Å²) in [5, 5.41) is 0.0876. The lowest BCUT2D eigenvalue weighted by atomic mass is 10.0. The molecule has 0 bridgehead atoms. The van der Waals surface area contributed by atoms with Gasteiger partial charge in [-0.3, -0.25) is 4.98 Å². The van der Waals surface area contributed by atoms with Crippen molar-refractivity contribution >= 4 is 23.2 Å². The van der Waals surface area contributed by atoms with Crippen LogP contribution in [0.25, 0.3) is 0 Å². The second-order valence-electron chi connectivity index (χ2n) is 3.69. The maximum atomic E-state index is 12.9. The SMILES string of the molecule is Fc1ccc(C(Cl)Cc2ccncc2)c(Cl)c1. The summed E-state index contributed by atoms with van der Waals surface area (Å²) in [4.78, 5) is 3.94. The number of hydrogen-bond donors (Lipinski definition) is 0. The molecule has 2 rings (SSSR count). The van der Waals surface area contributed by atoms with E-state index in [-0.39, 0.29) is 11.2 Å². The van der Waals surface area contributed by atoms with Gasteiger partial charge < -0.3 is 0 Å². The summed E-state index contributed by atoms with van der Waals surface area (Å²) >= 11 is 12.2. The normalized spacial score (nSPS) is 12.4. The number of benzene rings is 1. The van der Waals surface area contributed by atoms with Crippen LogP contribution in [0.2, 0.25) is 5.02 Å². The van der Waals surface area contributed by atoms with Gasteiger partial charge in [0.05, 0.1) is 5.38 Å². The third kappa shape index (κ3) is 3.18. The number of pyridine rings is 1. The molecule has 88 valence electrons. The molecule has 0 saturated carbocycles. The van der Waals surface area contributed by atoms with Crippen LogP contribution in [0, 0.1) is 5.82 Å². The van der Waals surface area contributed by atoms with Gasteiger partial charge in [-0.25, -0.2) is 4.39 Å². The number of aromatic nitrogens is 1. The fourth-order valence-corrected chi connectivity index (χ4v) is 2.31. The fraction of sp³-hybridized carbons (Fsp3) is 0.154. The lowest BCUT2D eigenvalue weighted by molar-refractivity contribution is 0.627. The first kappa shape index (κ1) is 12.3. The maximum Gasteiger partial charge on any atom is 0.124 e. The molecule has 2 aromatic rings. The number of nitrogens with zero attached hydrogens (tertiary/aromatic N) is 1. The van der Waals surface area contributed by atoms with E-state index in [1.165, 1.54) is 12.1 Å². The standard InChI is InChI=1S/C13H10Cl2FN/c14-12(7-9-3-5-17-6-4-9)11-2-1-10(16)8-13(11)15/h1-6,8,12H,7H2. The molecule has 0 aliphatic carbocycles. The highest BCUT2D eigenvalue weighted by atomic mass is 35.5. The summed E-state index contributed by atoms with van der Waals surface area (Å²) in [6, 6.07) is 8.05. The molecule has 1 aromatic heterocycles. The van der Waals surface area contributed by atoms with Gasteiger partial charge in [-0.1, -0.05) is 17.7 Å². The number of rotatable bonds is 3. The summed E-state index contributed by atoms with van der Waals surface area (Å²) < 4.78 is 12.9. The van der Waals surface area contributed by atoms with Gasteiger partial charge in [-0.15, -0.1) is 11.6 Å². The summed E-state index contributed by atoms with van der Waals surface area (Å²) in [5.41, 5.74) is 1.81. The largest absolute Gasteiger partial charge is 0.265 e. The van der Waals surface area contributed by atoms with Gasteiger partial charge in [-0.05, 0) is 41.8 Å². The minimum atomic E-state index is -0.355. The van der Waals surface area contributed by atoms with Crippen molar-refractivity contribution in [3.8, 4) is 0 Å². The highest BCUT2D eigenvalue weighted by molar-refractivity contribution is 6.32. The van der Waals surface area contributed by atoms with Crippen molar-refractivity contribution < 1.29 is 4.39 Å². The quantitative estimate of drug-likeness (QED) is 0.753. The van der Waals surface area contributed by atoms with E-state index in [2.05, 4.69) is 4.98 Å². The Morgan fingerprint density at radius 3 is 2.53 bits per heavy atom. The maximum absolute atomic E-state index is 12.9. The Morgan fingerprint density at radius 1 is 1.18 bits per heavy atom. The average molecular weight is 270 g/mol. The van der Waals surface area contributed by atoms with Crippen molar-refractivity contribution in [2.45, 2.75) is 11.8 Å². The predicted molar refractivity (Wildman–Crippen MR) is 67.9 cm³/mol. The van der Waals surface area contributed by atoms with Crippen molar-refractivity contribution in [2.75, 3.05) is 0 Å². The monoisotopic (exact) mass is 269 g/mol. The Hall–Kier alpha value is -1.12. The molecule has 4 heteroatoms. The van der Waals surface area contributed by atoms with Gasteiger partial charge in [0.2, 0.25) is 0 Å². The first-order chi connectivity index (χ1) is 8.16. The second-order valence-corrected chi connectivity index (χ2v) is 4.63. The van der Waals surface area contributed by atoms with Gasteiger partial charge >= 0.3 is 0 Å². The zero-order valence-corrected chi connectivity index (χ0v) is 10.4. The van der Waals surface area contributed by atoms with Crippen LogP contribution in [0.3, 0.4) is 0 Å². The van der Waals surface area contributed by atoms with Crippen molar-refractivity contribution in [1.29, 1.82) is 0 Å². The number of hydrogen-bond acceptors (Lipinski definition) is 1. The van der Waals surface area contributed by atoms with Crippen molar-refractivity contribution in [3.63, 3.8) is 0 Å². The van der Waals surface area contributed by atoms with Crippen LogP contribution in [-0.2, 0) is 6.42 Å². The molecule has 0 radical (unpaired) electrons. The van der Waals surface area contributed by atoms with E-state index in [1.807, 2.05) is 12.1 Å². The molecular weight excluding hydrogens is 260 g/mol. The fourth-order valence-electron chi connectivity index (χ4n) is 1.59. The topological polar surface area (TPSA) is 12.9 Å². The van der Waals surface area contributed by atoms with Crippen LogP contribution in [0.1, 0.15) is 16.5 Å². The molecule has 0 aliphatic rings. The molecular formula is C13H10Cl2FN. The lowest BCUT2D eigenvalue weighted by Gasteiger charge is -2.11. The summed E-state index contributed by atoms with van der Waals surface area (Å²) in [6.07, 6.45) is 4.06. The molecule has 1 heterocycles. The Bertz CT molecular complexity index is 502. The van der Waals surface area contributed by atoms with E-state index in [1.54, 1.807) is 18.5 Å². The average Bonchev–Trinajstić information content (AvgIpc) is 2.30. The molecule has 1 nitrogen and oxygen atoms in total. The minimum Gasteiger partial charge on any atom is -0.265 e. The first-order valence-electron chi connectivity index (χ1n) is 5.15. The van der Waals surface area contributed by atoms with Crippen LogP contribution in [-0.4, -0.2) is 4.98 Å². The Balaban J connectivity index is 2.17. The van der Waals surface area contributed by atoms with E-state index in [4.69, 9.17) is 23.2 Å². The van der Waals surface area contributed by atoms with Crippen molar-refractivity contribution in [3.05, 3.63) is 64.7 Å². The van der Waals surface area contributed by atoms with Gasteiger partial charge in [-0.2, -0.15) is 0 Å². The predicted octanol–water partition coefficient (Wildman–Crippen LogP) is 4.40. The Morgan fingerprint density at radius 2 is 1.88 bits per heavy atom. The third-order valence-corrected chi connectivity index (χ3v) is 3.18. The summed E-state index contributed by atoms with van der Waals surface area (Å²) in [5.74, 6) is -0.355. The molecule has 0 spiro atoms. The smallest absolute Gasteiger partial charge is 0.124 e. The molecule has 1 atom stereocenters. The van der Waals surface area contributed by atoms with Crippen LogP contribution < -0.4 is 0 Å². The molecule has 1 aromatic carbocycles. The van der Waals surface area contributed by atoms with Crippen LogP contribution in [0.4, 0.5) is 4.39 Å². The molecule has 17 heavy (non-hydrogen) atoms. The lowest BCUT2D eigenvalue weighted by Crippen LogP contribution is -1.97. The zero-order valence-electron chi connectivity index (χ0n) is 8.91. The van der Waals surface area contributed by atoms with E-state index >= 15 is 0 Å². The van der Waals surface area contributed by atoms with Crippen molar-refractivity contribution in [1.82, 2.24) is 4.98 Å². The van der Waals surface area contributed by atoms with Gasteiger partial charge in [0.1, 0.15) is 5.82 Å². The second kappa shape index (κ2) is 5.48. The first-order valence-corrected chi connectivity index (χ1v) is 5.96. The zero-order chi connectivity index (χ0) is 12.3. The third-order valence-electron chi connectivity index (χ3n) is 2.46. The molecule has 0 saturated heterocycles. The van der Waals surface area contributed by atoms with E-state index in [0.29, 0.717) is 11.4 Å². The van der Waals surface area contributed by atoms with E-state index in [9.17, 15) is 4.39 Å². The Labute approximate surface area is 109 Å².